The Morgan fingerprint density at radius 3 is 2.67 bits per heavy atom. The zero-order chi connectivity index (χ0) is 17.4. The van der Waals surface area contributed by atoms with Gasteiger partial charge < -0.3 is 15.2 Å². The highest BCUT2D eigenvalue weighted by Crippen LogP contribution is 2.28. The molecule has 134 valence electrons. The number of hydrogen-bond acceptors (Lipinski definition) is 3. The predicted octanol–water partition coefficient (Wildman–Crippen LogP) is 3.88. The highest BCUT2D eigenvalue weighted by molar-refractivity contribution is 5.94. The van der Waals surface area contributed by atoms with Crippen molar-refractivity contribution in [3.63, 3.8) is 0 Å². The molecule has 0 saturated heterocycles. The van der Waals surface area contributed by atoms with Gasteiger partial charge in [-0.25, -0.2) is 4.39 Å². The third-order valence-electron chi connectivity index (χ3n) is 4.72. The summed E-state index contributed by atoms with van der Waals surface area (Å²) in [6.07, 6.45) is 6.75. The first-order valence-electron chi connectivity index (χ1n) is 8.94. The van der Waals surface area contributed by atoms with Crippen LogP contribution in [0.1, 0.15) is 55.8 Å². The summed E-state index contributed by atoms with van der Waals surface area (Å²) in [6, 6.07) is 3.70. The van der Waals surface area contributed by atoms with Crippen LogP contribution in [0, 0.1) is 17.7 Å². The molecule has 1 aliphatic carbocycles. The molecule has 2 N–H and O–H groups in total. The van der Waals surface area contributed by atoms with E-state index in [9.17, 15) is 9.18 Å². The highest BCUT2D eigenvalue weighted by Gasteiger charge is 2.22. The van der Waals surface area contributed by atoms with Crippen molar-refractivity contribution in [3.8, 4) is 5.75 Å². The molecule has 0 aliphatic heterocycles. The standard InChI is InChI=1S/C19H28FNO3/c1-2-3-10-24-13-15-6-4-14(5-7-15)12-21-19(23)16-8-9-18(22)17(20)11-16/h8-9,11,14-15,22H,2-7,10,12-13H2,1H3,(H,21,23). The number of halogens is 1. The third kappa shape index (κ3) is 5.78. The Morgan fingerprint density at radius 2 is 2.00 bits per heavy atom. The molecule has 0 spiro atoms. The van der Waals surface area contributed by atoms with E-state index >= 15 is 0 Å². The summed E-state index contributed by atoms with van der Waals surface area (Å²) in [5, 5.41) is 12.0. The number of benzene rings is 1. The Morgan fingerprint density at radius 1 is 1.29 bits per heavy atom. The van der Waals surface area contributed by atoms with E-state index in [-0.39, 0.29) is 11.5 Å². The minimum atomic E-state index is -0.772. The summed E-state index contributed by atoms with van der Waals surface area (Å²) < 4.78 is 19.0. The molecule has 4 nitrogen and oxygen atoms in total. The maximum atomic E-state index is 13.3. The number of aromatic hydroxyl groups is 1. The first-order valence-corrected chi connectivity index (χ1v) is 8.94. The number of carbonyl (C=O) groups is 1. The third-order valence-corrected chi connectivity index (χ3v) is 4.72. The Kier molecular flexibility index (Phi) is 7.50. The second kappa shape index (κ2) is 9.62. The van der Waals surface area contributed by atoms with Crippen LogP contribution < -0.4 is 5.32 Å². The van der Waals surface area contributed by atoms with E-state index < -0.39 is 11.6 Å². The van der Waals surface area contributed by atoms with E-state index in [1.807, 2.05) is 0 Å². The second-order valence-corrected chi connectivity index (χ2v) is 6.69. The first-order chi connectivity index (χ1) is 11.6. The molecular weight excluding hydrogens is 309 g/mol. The number of unbranched alkanes of at least 4 members (excludes halogenated alkanes) is 1. The van der Waals surface area contributed by atoms with Crippen LogP contribution in [-0.2, 0) is 4.74 Å². The van der Waals surface area contributed by atoms with Crippen molar-refractivity contribution in [1.29, 1.82) is 0 Å². The van der Waals surface area contributed by atoms with Crippen molar-refractivity contribution in [3.05, 3.63) is 29.6 Å². The number of phenolic OH excluding ortho intramolecular Hbond substituents is 1. The molecule has 0 heterocycles. The average Bonchev–Trinajstić information content (AvgIpc) is 2.60. The predicted molar refractivity (Wildman–Crippen MR) is 91.6 cm³/mol. The Balaban J connectivity index is 1.66. The van der Waals surface area contributed by atoms with Crippen LogP contribution in [0.25, 0.3) is 0 Å². The molecule has 1 fully saturated rings. The summed E-state index contributed by atoms with van der Waals surface area (Å²) in [5.41, 5.74) is 0.239. The van der Waals surface area contributed by atoms with E-state index in [4.69, 9.17) is 9.84 Å². The molecule has 1 amide bonds. The molecular formula is C19H28FNO3. The van der Waals surface area contributed by atoms with Gasteiger partial charge in [0.05, 0.1) is 0 Å². The summed E-state index contributed by atoms with van der Waals surface area (Å²) in [7, 11) is 0. The van der Waals surface area contributed by atoms with Crippen molar-refractivity contribution >= 4 is 5.91 Å². The van der Waals surface area contributed by atoms with Gasteiger partial charge in [0.1, 0.15) is 0 Å². The molecule has 1 aliphatic rings. The van der Waals surface area contributed by atoms with Gasteiger partial charge in [0.15, 0.2) is 11.6 Å². The lowest BCUT2D eigenvalue weighted by Gasteiger charge is -2.28. The van der Waals surface area contributed by atoms with Gasteiger partial charge in [0.25, 0.3) is 5.91 Å². The zero-order valence-corrected chi connectivity index (χ0v) is 14.4. The topological polar surface area (TPSA) is 58.6 Å². The van der Waals surface area contributed by atoms with E-state index in [0.29, 0.717) is 18.4 Å². The van der Waals surface area contributed by atoms with Crippen LogP contribution in [0.15, 0.2) is 18.2 Å². The summed E-state index contributed by atoms with van der Waals surface area (Å²) >= 11 is 0. The van der Waals surface area contributed by atoms with E-state index in [2.05, 4.69) is 12.2 Å². The van der Waals surface area contributed by atoms with Crippen molar-refractivity contribution in [1.82, 2.24) is 5.32 Å². The molecule has 0 bridgehead atoms. The van der Waals surface area contributed by atoms with Gasteiger partial charge in [-0.3, -0.25) is 4.79 Å². The fourth-order valence-corrected chi connectivity index (χ4v) is 3.09. The minimum Gasteiger partial charge on any atom is -0.505 e. The van der Waals surface area contributed by atoms with Gasteiger partial charge in [-0.05, 0) is 62.1 Å². The van der Waals surface area contributed by atoms with Gasteiger partial charge in [-0.15, -0.1) is 0 Å². The number of amides is 1. The minimum absolute atomic E-state index is 0.239. The maximum absolute atomic E-state index is 13.3. The molecule has 0 unspecified atom stereocenters. The molecule has 0 aromatic heterocycles. The zero-order valence-electron chi connectivity index (χ0n) is 14.4. The summed E-state index contributed by atoms with van der Waals surface area (Å²) in [5.74, 6) is -0.390. The molecule has 2 rings (SSSR count). The number of hydrogen-bond donors (Lipinski definition) is 2. The van der Waals surface area contributed by atoms with E-state index in [1.165, 1.54) is 12.1 Å². The molecule has 5 heteroatoms. The number of phenols is 1. The number of carbonyl (C=O) groups excluding carboxylic acids is 1. The van der Waals surface area contributed by atoms with Crippen LogP contribution in [0.2, 0.25) is 0 Å². The SMILES string of the molecule is CCCCOCC1CCC(CNC(=O)c2ccc(O)c(F)c2)CC1. The van der Waals surface area contributed by atoms with Gasteiger partial charge in [0, 0.05) is 25.3 Å². The fraction of sp³-hybridized carbons (Fsp3) is 0.632. The van der Waals surface area contributed by atoms with Crippen molar-refractivity contribution in [2.24, 2.45) is 11.8 Å². The lowest BCUT2D eigenvalue weighted by molar-refractivity contribution is 0.0747. The van der Waals surface area contributed by atoms with Crippen molar-refractivity contribution < 1.29 is 19.0 Å². The number of rotatable bonds is 8. The molecule has 1 aromatic carbocycles. The average molecular weight is 337 g/mol. The summed E-state index contributed by atoms with van der Waals surface area (Å²) in [6.45, 7) is 4.49. The smallest absolute Gasteiger partial charge is 0.251 e. The molecule has 0 atom stereocenters. The van der Waals surface area contributed by atoms with Crippen molar-refractivity contribution in [2.45, 2.75) is 45.4 Å². The second-order valence-electron chi connectivity index (χ2n) is 6.69. The Hall–Kier alpha value is -1.62. The van der Waals surface area contributed by atoms with Gasteiger partial charge >= 0.3 is 0 Å². The van der Waals surface area contributed by atoms with Gasteiger partial charge in [-0.2, -0.15) is 0 Å². The Labute approximate surface area is 143 Å². The fourth-order valence-electron chi connectivity index (χ4n) is 3.09. The Bertz CT molecular complexity index is 527. The highest BCUT2D eigenvalue weighted by atomic mass is 19.1. The summed E-state index contributed by atoms with van der Waals surface area (Å²) in [4.78, 5) is 12.0. The molecule has 24 heavy (non-hydrogen) atoms. The van der Waals surface area contributed by atoms with Crippen LogP contribution >= 0.6 is 0 Å². The maximum Gasteiger partial charge on any atom is 0.251 e. The number of ether oxygens (including phenoxy) is 1. The molecule has 1 saturated carbocycles. The lowest BCUT2D eigenvalue weighted by Crippen LogP contribution is -2.32. The van der Waals surface area contributed by atoms with Crippen LogP contribution in [0.3, 0.4) is 0 Å². The first kappa shape index (κ1) is 18.7. The molecule has 1 aromatic rings. The quantitative estimate of drug-likeness (QED) is 0.708. The monoisotopic (exact) mass is 337 g/mol. The molecule has 0 radical (unpaired) electrons. The largest absolute Gasteiger partial charge is 0.505 e. The van der Waals surface area contributed by atoms with Crippen LogP contribution in [-0.4, -0.2) is 30.8 Å². The van der Waals surface area contributed by atoms with E-state index in [1.54, 1.807) is 0 Å². The van der Waals surface area contributed by atoms with Gasteiger partial charge in [0.2, 0.25) is 0 Å². The normalized spacial score (nSPS) is 20.8. The van der Waals surface area contributed by atoms with Gasteiger partial charge in [-0.1, -0.05) is 13.3 Å². The number of nitrogens with one attached hydrogen (secondary N) is 1. The van der Waals surface area contributed by atoms with Crippen LogP contribution in [0.5, 0.6) is 5.75 Å². The van der Waals surface area contributed by atoms with Crippen molar-refractivity contribution in [2.75, 3.05) is 19.8 Å². The van der Waals surface area contributed by atoms with E-state index in [0.717, 1.165) is 57.8 Å². The van der Waals surface area contributed by atoms with Crippen LogP contribution in [0.4, 0.5) is 4.39 Å². The lowest BCUT2D eigenvalue weighted by atomic mass is 9.82.